The zero-order valence-electron chi connectivity index (χ0n) is 13.2. The predicted octanol–water partition coefficient (Wildman–Crippen LogP) is 5.22. The van der Waals surface area contributed by atoms with Gasteiger partial charge in [-0.2, -0.15) is 0 Å². The maximum atomic E-state index is 14.0. The van der Waals surface area contributed by atoms with Crippen molar-refractivity contribution in [2.45, 2.75) is 57.9 Å². The van der Waals surface area contributed by atoms with Crippen molar-refractivity contribution in [1.29, 1.82) is 0 Å². The van der Waals surface area contributed by atoms with Gasteiger partial charge in [-0.05, 0) is 37.8 Å². The third-order valence-corrected chi connectivity index (χ3v) is 4.96. The Labute approximate surface area is 127 Å². The van der Waals surface area contributed by atoms with E-state index >= 15 is 0 Å². The molecule has 0 heterocycles. The van der Waals surface area contributed by atoms with Gasteiger partial charge in [0.2, 0.25) is 0 Å². The first-order valence-electron chi connectivity index (χ1n) is 8.28. The van der Waals surface area contributed by atoms with Crippen molar-refractivity contribution >= 4 is 0 Å². The fourth-order valence-electron chi connectivity index (χ4n) is 3.71. The molecule has 0 radical (unpaired) electrons. The molecule has 0 amide bonds. The summed E-state index contributed by atoms with van der Waals surface area (Å²) in [4.78, 5) is 0. The summed E-state index contributed by atoms with van der Waals surface area (Å²) in [5.41, 5.74) is 0.481. The highest BCUT2D eigenvalue weighted by atomic mass is 19.2. The van der Waals surface area contributed by atoms with E-state index < -0.39 is 11.6 Å². The highest BCUT2D eigenvalue weighted by Gasteiger charge is 2.29. The van der Waals surface area contributed by atoms with Crippen molar-refractivity contribution in [1.82, 2.24) is 5.32 Å². The summed E-state index contributed by atoms with van der Waals surface area (Å²) in [5, 5.41) is 3.21. The Bertz CT molecular complexity index is 439. The normalized spacial score (nSPS) is 24.0. The first kappa shape index (κ1) is 16.4. The van der Waals surface area contributed by atoms with Crippen LogP contribution in [0, 0.1) is 23.5 Å². The van der Waals surface area contributed by atoms with Gasteiger partial charge in [-0.1, -0.05) is 51.2 Å². The molecule has 1 atom stereocenters. The van der Waals surface area contributed by atoms with Gasteiger partial charge in [-0.3, -0.25) is 0 Å². The van der Waals surface area contributed by atoms with Crippen molar-refractivity contribution < 1.29 is 8.78 Å². The zero-order chi connectivity index (χ0) is 15.2. The number of nitrogens with one attached hydrogen (secondary N) is 1. The maximum absolute atomic E-state index is 14.0. The molecule has 0 bridgehead atoms. The highest BCUT2D eigenvalue weighted by molar-refractivity contribution is 5.23. The van der Waals surface area contributed by atoms with E-state index in [1.165, 1.54) is 38.2 Å². The second-order valence-corrected chi connectivity index (χ2v) is 6.33. The minimum atomic E-state index is -0.746. The van der Waals surface area contributed by atoms with E-state index in [0.29, 0.717) is 11.5 Å². The minimum Gasteiger partial charge on any atom is -0.313 e. The quantitative estimate of drug-likeness (QED) is 0.758. The molecule has 0 spiro atoms. The molecule has 1 N–H and O–H groups in total. The van der Waals surface area contributed by atoms with Crippen molar-refractivity contribution in [2.75, 3.05) is 7.05 Å². The van der Waals surface area contributed by atoms with Gasteiger partial charge < -0.3 is 5.32 Å². The summed E-state index contributed by atoms with van der Waals surface area (Å²) in [6, 6.07) is 4.42. The molecule has 2 rings (SSSR count). The Morgan fingerprint density at radius 3 is 2.52 bits per heavy atom. The molecule has 0 aliphatic heterocycles. The first-order valence-corrected chi connectivity index (χ1v) is 8.28. The van der Waals surface area contributed by atoms with Crippen LogP contribution in [0.25, 0.3) is 0 Å². The van der Waals surface area contributed by atoms with Crippen LogP contribution in [0.1, 0.15) is 63.5 Å². The molecule has 1 fully saturated rings. The second-order valence-electron chi connectivity index (χ2n) is 6.33. The summed E-state index contributed by atoms with van der Waals surface area (Å²) in [6.07, 6.45) is 8.55. The maximum Gasteiger partial charge on any atom is 0.163 e. The molecule has 21 heavy (non-hydrogen) atoms. The Kier molecular flexibility index (Phi) is 6.16. The lowest BCUT2D eigenvalue weighted by Crippen LogP contribution is -2.29. The van der Waals surface area contributed by atoms with E-state index in [1.807, 2.05) is 7.05 Å². The van der Waals surface area contributed by atoms with Gasteiger partial charge in [0.25, 0.3) is 0 Å². The Balaban J connectivity index is 2.01. The molecule has 1 nitrogen and oxygen atoms in total. The van der Waals surface area contributed by atoms with Gasteiger partial charge in [-0.25, -0.2) is 8.78 Å². The summed E-state index contributed by atoms with van der Waals surface area (Å²) in [5.74, 6) is -0.199. The van der Waals surface area contributed by atoms with Crippen LogP contribution in [0.4, 0.5) is 8.78 Å². The van der Waals surface area contributed by atoms with Crippen LogP contribution in [0.2, 0.25) is 0 Å². The van der Waals surface area contributed by atoms with Gasteiger partial charge in [0.05, 0.1) is 0 Å². The lowest BCUT2D eigenvalue weighted by Gasteiger charge is -2.34. The van der Waals surface area contributed by atoms with Crippen LogP contribution in [0.5, 0.6) is 0 Å². The summed E-state index contributed by atoms with van der Waals surface area (Å²) in [7, 11) is 1.85. The van der Waals surface area contributed by atoms with Crippen LogP contribution in [0.3, 0.4) is 0 Å². The molecule has 1 aromatic rings. The summed E-state index contributed by atoms with van der Waals surface area (Å²) >= 11 is 0. The number of hydrogen-bond donors (Lipinski definition) is 1. The van der Waals surface area contributed by atoms with Crippen LogP contribution in [-0.2, 0) is 0 Å². The fraction of sp³-hybridized carbons (Fsp3) is 0.667. The van der Waals surface area contributed by atoms with E-state index in [9.17, 15) is 8.78 Å². The van der Waals surface area contributed by atoms with Crippen molar-refractivity contribution in [3.8, 4) is 0 Å². The van der Waals surface area contributed by atoms with Crippen LogP contribution in [-0.4, -0.2) is 7.05 Å². The van der Waals surface area contributed by atoms with Crippen molar-refractivity contribution in [3.05, 3.63) is 35.4 Å². The lowest BCUT2D eigenvalue weighted by atomic mass is 9.75. The molecule has 1 aliphatic rings. The third kappa shape index (κ3) is 4.03. The summed E-state index contributed by atoms with van der Waals surface area (Å²) < 4.78 is 27.5. The number of hydrogen-bond acceptors (Lipinski definition) is 1. The molecule has 118 valence electrons. The van der Waals surface area contributed by atoms with Crippen LogP contribution in [0.15, 0.2) is 18.2 Å². The van der Waals surface area contributed by atoms with Crippen LogP contribution >= 0.6 is 0 Å². The van der Waals surface area contributed by atoms with E-state index in [1.54, 1.807) is 12.1 Å². The SMILES string of the molecule is CCCCC1CCC(C(NC)c2cccc(F)c2F)CC1. The van der Waals surface area contributed by atoms with E-state index in [0.717, 1.165) is 18.8 Å². The number of rotatable bonds is 6. The van der Waals surface area contributed by atoms with Gasteiger partial charge in [0.15, 0.2) is 11.6 Å². The smallest absolute Gasteiger partial charge is 0.163 e. The van der Waals surface area contributed by atoms with Crippen LogP contribution < -0.4 is 5.32 Å². The van der Waals surface area contributed by atoms with Crippen molar-refractivity contribution in [3.63, 3.8) is 0 Å². The topological polar surface area (TPSA) is 12.0 Å². The van der Waals surface area contributed by atoms with Crippen molar-refractivity contribution in [2.24, 2.45) is 11.8 Å². The molecule has 0 aromatic heterocycles. The lowest BCUT2D eigenvalue weighted by molar-refractivity contribution is 0.215. The molecule has 1 aromatic carbocycles. The number of benzene rings is 1. The number of unbranched alkanes of at least 4 members (excludes halogenated alkanes) is 1. The van der Waals surface area contributed by atoms with E-state index in [2.05, 4.69) is 12.2 Å². The van der Waals surface area contributed by atoms with Gasteiger partial charge in [-0.15, -0.1) is 0 Å². The molecular weight excluding hydrogens is 268 g/mol. The molecule has 0 saturated heterocycles. The first-order chi connectivity index (χ1) is 10.2. The summed E-state index contributed by atoms with van der Waals surface area (Å²) in [6.45, 7) is 2.23. The molecule has 1 aliphatic carbocycles. The number of halogens is 2. The monoisotopic (exact) mass is 295 g/mol. The molecule has 1 unspecified atom stereocenters. The minimum absolute atomic E-state index is 0.0761. The molecular formula is C18H27F2N. The van der Waals surface area contributed by atoms with Gasteiger partial charge >= 0.3 is 0 Å². The zero-order valence-corrected chi connectivity index (χ0v) is 13.2. The fourth-order valence-corrected chi connectivity index (χ4v) is 3.71. The molecule has 3 heteroatoms. The Morgan fingerprint density at radius 2 is 1.90 bits per heavy atom. The average Bonchev–Trinajstić information content (AvgIpc) is 2.51. The van der Waals surface area contributed by atoms with E-state index in [-0.39, 0.29) is 6.04 Å². The molecule has 1 saturated carbocycles. The van der Waals surface area contributed by atoms with E-state index in [4.69, 9.17) is 0 Å². The Morgan fingerprint density at radius 1 is 1.19 bits per heavy atom. The highest BCUT2D eigenvalue weighted by Crippen LogP contribution is 2.39. The average molecular weight is 295 g/mol. The third-order valence-electron chi connectivity index (χ3n) is 4.96. The predicted molar refractivity (Wildman–Crippen MR) is 83.1 cm³/mol. The van der Waals surface area contributed by atoms with Gasteiger partial charge in [0, 0.05) is 11.6 Å². The Hall–Kier alpha value is -0.960. The second kappa shape index (κ2) is 7.88. The standard InChI is InChI=1S/C18H27F2N/c1-3-4-6-13-9-11-14(12-10-13)18(21-2)15-7-5-8-16(19)17(15)20/h5,7-8,13-14,18,21H,3-4,6,9-12H2,1-2H3. The largest absolute Gasteiger partial charge is 0.313 e. The van der Waals surface area contributed by atoms with Gasteiger partial charge in [0.1, 0.15) is 0 Å².